The van der Waals surface area contributed by atoms with E-state index in [-0.39, 0.29) is 5.54 Å². The number of ether oxygens (including phenoxy) is 1. The van der Waals surface area contributed by atoms with Gasteiger partial charge in [0.25, 0.3) is 0 Å². The Kier molecular flexibility index (Phi) is 3.76. The predicted molar refractivity (Wildman–Crippen MR) is 73.5 cm³/mol. The van der Waals surface area contributed by atoms with Crippen LogP contribution in [0, 0.1) is 0 Å². The van der Waals surface area contributed by atoms with Gasteiger partial charge in [-0.15, -0.1) is 0 Å². The summed E-state index contributed by atoms with van der Waals surface area (Å²) in [5, 5.41) is 9.74. The monoisotopic (exact) mass is 250 g/mol. The van der Waals surface area contributed by atoms with Gasteiger partial charge >= 0.3 is 0 Å². The van der Waals surface area contributed by atoms with Crippen molar-refractivity contribution in [3.8, 4) is 0 Å². The molecule has 0 spiro atoms. The minimum Gasteiger partial charge on any atom is -0.368 e. The van der Waals surface area contributed by atoms with E-state index in [1.165, 1.54) is 16.7 Å². The lowest BCUT2D eigenvalue weighted by Crippen LogP contribution is -2.39. The Bertz CT molecular complexity index is 425. The number of benzene rings is 1. The van der Waals surface area contributed by atoms with E-state index in [2.05, 4.69) is 39.0 Å². The molecular weight excluding hydrogens is 226 g/mol. The fourth-order valence-electron chi connectivity index (χ4n) is 2.48. The summed E-state index contributed by atoms with van der Waals surface area (Å²) in [6, 6.07) is 6.57. The maximum atomic E-state index is 8.09. The maximum Gasteiger partial charge on any atom is 0.108 e. The molecule has 1 unspecified atom stereocenters. The molecule has 0 saturated carbocycles. The van der Waals surface area contributed by atoms with Crippen molar-refractivity contribution in [1.29, 1.82) is 0 Å². The van der Waals surface area contributed by atoms with Crippen LogP contribution in [0.2, 0.25) is 0 Å². The predicted octanol–water partition coefficient (Wildman–Crippen LogP) is 2.52. The van der Waals surface area contributed by atoms with Crippen molar-refractivity contribution in [2.45, 2.75) is 45.8 Å². The van der Waals surface area contributed by atoms with Crippen molar-refractivity contribution in [1.82, 2.24) is 5.06 Å². The number of rotatable bonds is 5. The first-order valence-electron chi connectivity index (χ1n) is 6.74. The van der Waals surface area contributed by atoms with Crippen LogP contribution >= 0.6 is 0 Å². The van der Waals surface area contributed by atoms with Crippen molar-refractivity contribution in [3.63, 3.8) is 0 Å². The highest BCUT2D eigenvalue weighted by Gasteiger charge is 2.33. The highest BCUT2D eigenvalue weighted by molar-refractivity contribution is 5.38. The second-order valence-electron chi connectivity index (χ2n) is 5.40. The topological polar surface area (TPSA) is 38.7 Å². The fraction of sp³-hybridized carbons (Fsp3) is 0.600. The Hall–Kier alpha value is -0.900. The maximum absolute atomic E-state index is 8.09. The summed E-state index contributed by atoms with van der Waals surface area (Å²) in [5.74, 6) is 0. The lowest BCUT2D eigenvalue weighted by atomic mass is 9.87. The lowest BCUT2D eigenvalue weighted by molar-refractivity contribution is -0.162. The molecule has 1 atom stereocenters. The Labute approximate surface area is 109 Å². The highest BCUT2D eigenvalue weighted by atomic mass is 16.6. The first-order valence-corrected chi connectivity index (χ1v) is 6.74. The van der Waals surface area contributed by atoms with E-state index < -0.39 is 0 Å². The molecule has 1 aliphatic heterocycles. The van der Waals surface area contributed by atoms with Crippen LogP contribution in [0.15, 0.2) is 18.2 Å². The van der Waals surface area contributed by atoms with Crippen LogP contribution in [-0.2, 0) is 16.7 Å². The largest absolute Gasteiger partial charge is 0.368 e. The molecule has 1 saturated heterocycles. The second kappa shape index (κ2) is 5.00. The van der Waals surface area contributed by atoms with Crippen molar-refractivity contribution >= 4 is 0 Å². The smallest absolute Gasteiger partial charge is 0.108 e. The third kappa shape index (κ3) is 2.44. The molecule has 3 nitrogen and oxygen atoms in total. The van der Waals surface area contributed by atoms with E-state index in [4.69, 9.17) is 9.94 Å². The molecule has 2 N–H and O–H groups in total. The Morgan fingerprint density at radius 2 is 2.06 bits per heavy atom. The van der Waals surface area contributed by atoms with Crippen molar-refractivity contribution in [2.75, 3.05) is 13.2 Å². The van der Waals surface area contributed by atoms with E-state index in [1.807, 2.05) is 6.92 Å². The van der Waals surface area contributed by atoms with E-state index in [1.54, 1.807) is 5.06 Å². The fourth-order valence-corrected chi connectivity index (χ4v) is 2.48. The molecule has 0 radical (unpaired) electrons. The van der Waals surface area contributed by atoms with Gasteiger partial charge < -0.3 is 9.94 Å². The van der Waals surface area contributed by atoms with Crippen LogP contribution in [0.25, 0.3) is 0 Å². The summed E-state index contributed by atoms with van der Waals surface area (Å²) in [5.41, 5.74) is 3.62. The van der Waals surface area contributed by atoms with Crippen LogP contribution in [0.1, 0.15) is 50.5 Å². The van der Waals surface area contributed by atoms with E-state index in [0.717, 1.165) is 19.6 Å². The van der Waals surface area contributed by atoms with Gasteiger partial charge in [0.15, 0.2) is 0 Å². The molecule has 1 aromatic rings. The quantitative estimate of drug-likeness (QED) is 0.457. The Morgan fingerprint density at radius 1 is 1.39 bits per heavy atom. The minimum atomic E-state index is -0.247. The summed E-state index contributed by atoms with van der Waals surface area (Å²) in [4.78, 5) is 0. The summed E-state index contributed by atoms with van der Waals surface area (Å²) in [7, 11) is 0. The molecule has 2 rings (SSSR count). The zero-order chi connectivity index (χ0) is 13.3. The minimum absolute atomic E-state index is 0.247. The van der Waals surface area contributed by atoms with E-state index in [9.17, 15) is 0 Å². The Balaban J connectivity index is 2.37. The molecule has 0 aliphatic carbocycles. The molecule has 0 aromatic heterocycles. The van der Waals surface area contributed by atoms with Crippen LogP contribution in [0.4, 0.5) is 0 Å². The average molecular weight is 250 g/mol. The number of nitrogens with zero attached hydrogens (tertiary/aromatic N) is 1. The van der Waals surface area contributed by atoms with Gasteiger partial charge in [0.2, 0.25) is 0 Å². The standard InChI is InChI=1S/C15H23NO2/c1-5-11-9-12(14-10-18-14)7-8-13(11)15(3,4)16(17)6-2/h7-9,14,17H,5-6,10H2,1-4H3/p+1. The number of hydrogen-bond acceptors (Lipinski definition) is 2. The SMILES string of the molecule is CCc1cc(C2CO2)ccc1C(C)(C)N([OH2+])CC. The summed E-state index contributed by atoms with van der Waals surface area (Å²) >= 11 is 0. The van der Waals surface area contributed by atoms with Gasteiger partial charge in [-0.25, -0.2) is 0 Å². The zero-order valence-electron chi connectivity index (χ0n) is 11.8. The molecule has 1 aromatic carbocycles. The molecule has 100 valence electrons. The van der Waals surface area contributed by atoms with Crippen LogP contribution < -0.4 is 0 Å². The number of aryl methyl sites for hydroxylation is 1. The zero-order valence-corrected chi connectivity index (χ0v) is 11.8. The number of hydroxylamine groups is 2. The summed E-state index contributed by atoms with van der Waals surface area (Å²) in [6.07, 6.45) is 1.31. The van der Waals surface area contributed by atoms with Gasteiger partial charge in [0.1, 0.15) is 11.6 Å². The molecule has 1 heterocycles. The molecule has 1 aliphatic rings. The molecular formula is C15H24NO2+. The van der Waals surface area contributed by atoms with Gasteiger partial charge in [-0.2, -0.15) is 0 Å². The number of hydrogen-bond donors (Lipinski definition) is 0. The van der Waals surface area contributed by atoms with Gasteiger partial charge in [0.05, 0.1) is 13.2 Å². The summed E-state index contributed by atoms with van der Waals surface area (Å²) in [6.45, 7) is 10.0. The average Bonchev–Trinajstić information content (AvgIpc) is 3.21. The number of epoxide rings is 1. The normalized spacial score (nSPS) is 19.3. The van der Waals surface area contributed by atoms with Crippen LogP contribution in [0.3, 0.4) is 0 Å². The molecule has 0 amide bonds. The third-order valence-electron chi connectivity index (χ3n) is 3.87. The molecule has 1 fully saturated rings. The van der Waals surface area contributed by atoms with Crippen molar-refractivity contribution < 1.29 is 9.94 Å². The van der Waals surface area contributed by atoms with Gasteiger partial charge in [0, 0.05) is 0 Å². The van der Waals surface area contributed by atoms with Crippen molar-refractivity contribution in [2.24, 2.45) is 0 Å². The highest BCUT2D eigenvalue weighted by Crippen LogP contribution is 2.35. The van der Waals surface area contributed by atoms with Gasteiger partial charge in [-0.1, -0.05) is 30.2 Å². The molecule has 18 heavy (non-hydrogen) atoms. The first kappa shape index (κ1) is 13.5. The molecule has 0 bridgehead atoms. The third-order valence-corrected chi connectivity index (χ3v) is 3.87. The van der Waals surface area contributed by atoms with E-state index in [0.29, 0.717) is 6.10 Å². The van der Waals surface area contributed by atoms with E-state index >= 15 is 0 Å². The second-order valence-corrected chi connectivity index (χ2v) is 5.40. The van der Waals surface area contributed by atoms with Gasteiger partial charge in [-0.05, 0) is 43.9 Å². The van der Waals surface area contributed by atoms with Crippen molar-refractivity contribution in [3.05, 3.63) is 34.9 Å². The Morgan fingerprint density at radius 3 is 2.56 bits per heavy atom. The first-order chi connectivity index (χ1) is 8.50. The van der Waals surface area contributed by atoms with Crippen LogP contribution in [0.5, 0.6) is 0 Å². The molecule has 3 heteroatoms. The summed E-state index contributed by atoms with van der Waals surface area (Å²) < 4.78 is 5.34. The van der Waals surface area contributed by atoms with Crippen LogP contribution in [-0.4, -0.2) is 23.4 Å². The lowest BCUT2D eigenvalue weighted by Gasteiger charge is -2.31. The van der Waals surface area contributed by atoms with Gasteiger partial charge in [-0.3, -0.25) is 0 Å².